The molecule has 2 atom stereocenters. The zero-order valence-electron chi connectivity index (χ0n) is 13.3. The third kappa shape index (κ3) is 2.65. The fourth-order valence-corrected chi connectivity index (χ4v) is 5.02. The number of methoxy groups -OCH3 is 1. The highest BCUT2D eigenvalue weighted by atomic mass is 32.1. The molecule has 3 rings (SSSR count). The normalized spacial score (nSPS) is 28.8. The van der Waals surface area contributed by atoms with Gasteiger partial charge in [-0.3, -0.25) is 4.90 Å². The molecule has 0 amide bonds. The number of nitrogens with zero attached hydrogens (tertiary/aromatic N) is 2. The third-order valence-corrected chi connectivity index (χ3v) is 6.40. The van der Waals surface area contributed by atoms with Crippen molar-refractivity contribution in [2.24, 2.45) is 5.41 Å². The first kappa shape index (κ1) is 15.4. The van der Waals surface area contributed by atoms with Crippen LogP contribution in [0.3, 0.4) is 0 Å². The quantitative estimate of drug-likeness (QED) is 0.927. The van der Waals surface area contributed by atoms with E-state index >= 15 is 0 Å². The molecule has 1 spiro atoms. The van der Waals surface area contributed by atoms with Crippen LogP contribution in [0.5, 0.6) is 0 Å². The number of hydrogen-bond acceptors (Lipinski definition) is 5. The fraction of sp³-hybridized carbons (Fsp3) is 0.812. The molecule has 21 heavy (non-hydrogen) atoms. The van der Waals surface area contributed by atoms with Crippen LogP contribution in [0.15, 0.2) is 0 Å². The summed E-state index contributed by atoms with van der Waals surface area (Å²) in [6.45, 7) is 7.38. The van der Waals surface area contributed by atoms with Gasteiger partial charge in [-0.1, -0.05) is 6.92 Å². The van der Waals surface area contributed by atoms with E-state index in [0.717, 1.165) is 45.3 Å². The van der Waals surface area contributed by atoms with Gasteiger partial charge < -0.3 is 9.84 Å². The highest BCUT2D eigenvalue weighted by Gasteiger charge is 2.55. The highest BCUT2D eigenvalue weighted by molar-refractivity contribution is 7.11. The summed E-state index contributed by atoms with van der Waals surface area (Å²) in [5.41, 5.74) is 1.29. The lowest BCUT2D eigenvalue weighted by molar-refractivity contribution is -0.201. The average molecular weight is 310 g/mol. The second-order valence-electron chi connectivity index (χ2n) is 6.44. The number of rotatable bonds is 4. The largest absolute Gasteiger partial charge is 0.392 e. The molecule has 2 heterocycles. The molecule has 0 aromatic carbocycles. The minimum Gasteiger partial charge on any atom is -0.392 e. The first-order valence-electron chi connectivity index (χ1n) is 7.97. The summed E-state index contributed by atoms with van der Waals surface area (Å²) in [5, 5.41) is 11.4. The van der Waals surface area contributed by atoms with Crippen LogP contribution >= 0.6 is 11.3 Å². The Balaban J connectivity index is 1.61. The van der Waals surface area contributed by atoms with Crippen molar-refractivity contribution >= 4 is 11.3 Å². The van der Waals surface area contributed by atoms with Gasteiger partial charge in [0.2, 0.25) is 0 Å². The van der Waals surface area contributed by atoms with Crippen LogP contribution in [-0.4, -0.2) is 47.4 Å². The number of thiazole rings is 1. The van der Waals surface area contributed by atoms with Crippen molar-refractivity contribution < 1.29 is 9.84 Å². The Bertz CT molecular complexity index is 494. The van der Waals surface area contributed by atoms with Crippen molar-refractivity contribution in [3.63, 3.8) is 0 Å². The predicted octanol–water partition coefficient (Wildman–Crippen LogP) is 2.38. The van der Waals surface area contributed by atoms with Crippen molar-refractivity contribution in [1.29, 1.82) is 0 Å². The Morgan fingerprint density at radius 2 is 2.14 bits per heavy atom. The van der Waals surface area contributed by atoms with E-state index in [1.54, 1.807) is 7.11 Å². The third-order valence-electron chi connectivity index (χ3n) is 5.40. The number of ether oxygens (including phenoxy) is 1. The lowest BCUT2D eigenvalue weighted by Gasteiger charge is -2.56. The first-order chi connectivity index (χ1) is 10.1. The van der Waals surface area contributed by atoms with Crippen LogP contribution in [0.1, 0.15) is 41.8 Å². The smallest absolute Gasteiger partial charge is 0.0900 e. The minimum atomic E-state index is -0.165. The molecule has 118 valence electrons. The molecule has 1 aromatic rings. The highest BCUT2D eigenvalue weighted by Crippen LogP contribution is 2.50. The van der Waals surface area contributed by atoms with Gasteiger partial charge in [0.15, 0.2) is 0 Å². The molecular formula is C16H26N2O2S. The zero-order valence-corrected chi connectivity index (χ0v) is 14.1. The van der Waals surface area contributed by atoms with Crippen molar-refractivity contribution in [2.75, 3.05) is 20.2 Å². The van der Waals surface area contributed by atoms with Gasteiger partial charge in [-0.2, -0.15) is 0 Å². The van der Waals surface area contributed by atoms with Crippen molar-refractivity contribution in [3.8, 4) is 0 Å². The Labute approximate surface area is 131 Å². The van der Waals surface area contributed by atoms with Gasteiger partial charge in [-0.15, -0.1) is 11.3 Å². The number of aryl methyl sites for hydroxylation is 2. The van der Waals surface area contributed by atoms with Gasteiger partial charge in [-0.05, 0) is 39.3 Å². The zero-order chi connectivity index (χ0) is 15.0. The number of aliphatic hydroxyl groups is 1. The van der Waals surface area contributed by atoms with E-state index < -0.39 is 0 Å². The maximum atomic E-state index is 10.2. The number of hydrogen-bond donors (Lipinski definition) is 1. The Morgan fingerprint density at radius 3 is 2.71 bits per heavy atom. The van der Waals surface area contributed by atoms with E-state index in [0.29, 0.717) is 0 Å². The van der Waals surface area contributed by atoms with Gasteiger partial charge >= 0.3 is 0 Å². The monoisotopic (exact) mass is 310 g/mol. The van der Waals surface area contributed by atoms with Gasteiger partial charge in [0.25, 0.3) is 0 Å². The summed E-state index contributed by atoms with van der Waals surface area (Å²) in [6.07, 6.45) is 4.01. The molecule has 2 aliphatic rings. The Kier molecular flexibility index (Phi) is 4.37. The summed E-state index contributed by atoms with van der Waals surface area (Å²) in [7, 11) is 1.78. The van der Waals surface area contributed by atoms with E-state index in [9.17, 15) is 5.11 Å². The molecule has 4 nitrogen and oxygen atoms in total. The molecule has 1 N–H and O–H groups in total. The van der Waals surface area contributed by atoms with Crippen LogP contribution in [0, 0.1) is 12.3 Å². The lowest BCUT2D eigenvalue weighted by Crippen LogP contribution is -2.61. The standard InChI is InChI=1S/C16H26N2O2S/c1-4-12-13(21-11(2)17-12)10-18-7-5-16(6-8-18)14(19)9-15(16)20-3/h14-15,19H,4-10H2,1-3H3/t14-,15+/m0/s1. The van der Waals surface area contributed by atoms with Crippen molar-refractivity contribution in [1.82, 2.24) is 9.88 Å². The van der Waals surface area contributed by atoms with Gasteiger partial charge in [0.05, 0.1) is 22.9 Å². The van der Waals surface area contributed by atoms with Crippen LogP contribution in [0.4, 0.5) is 0 Å². The number of aliphatic hydroxyl groups excluding tert-OH is 1. The molecule has 0 radical (unpaired) electrons. The predicted molar refractivity (Wildman–Crippen MR) is 84.6 cm³/mol. The van der Waals surface area contributed by atoms with Gasteiger partial charge in [0, 0.05) is 30.4 Å². The topological polar surface area (TPSA) is 45.6 Å². The molecule has 1 aromatic heterocycles. The van der Waals surface area contributed by atoms with E-state index in [-0.39, 0.29) is 17.6 Å². The molecular weight excluding hydrogens is 284 g/mol. The summed E-state index contributed by atoms with van der Waals surface area (Å²) < 4.78 is 5.56. The Morgan fingerprint density at radius 1 is 1.43 bits per heavy atom. The van der Waals surface area contributed by atoms with Crippen molar-refractivity contribution in [2.45, 2.75) is 58.3 Å². The molecule has 2 fully saturated rings. The maximum absolute atomic E-state index is 10.2. The summed E-state index contributed by atoms with van der Waals surface area (Å²) in [5.74, 6) is 0. The van der Waals surface area contributed by atoms with Gasteiger partial charge in [-0.25, -0.2) is 4.98 Å². The lowest BCUT2D eigenvalue weighted by atomic mass is 9.58. The van der Waals surface area contributed by atoms with Crippen LogP contribution in [-0.2, 0) is 17.7 Å². The molecule has 0 bridgehead atoms. The number of aromatic nitrogens is 1. The summed E-state index contributed by atoms with van der Waals surface area (Å²) >= 11 is 1.83. The van der Waals surface area contributed by atoms with Crippen molar-refractivity contribution in [3.05, 3.63) is 15.6 Å². The molecule has 1 aliphatic carbocycles. The van der Waals surface area contributed by atoms with E-state index in [1.807, 2.05) is 11.3 Å². The second kappa shape index (κ2) is 5.95. The second-order valence-corrected chi connectivity index (χ2v) is 7.73. The van der Waals surface area contributed by atoms with E-state index in [4.69, 9.17) is 4.74 Å². The first-order valence-corrected chi connectivity index (χ1v) is 8.79. The average Bonchev–Trinajstić information content (AvgIpc) is 2.85. The Hall–Kier alpha value is -0.490. The SMILES string of the molecule is CCc1nc(C)sc1CN1CCC2(CC1)[C@@H](O)C[C@H]2OC. The van der Waals surface area contributed by atoms with E-state index in [2.05, 4.69) is 23.7 Å². The van der Waals surface area contributed by atoms with Crippen LogP contribution < -0.4 is 0 Å². The number of likely N-dealkylation sites (tertiary alicyclic amines) is 1. The summed E-state index contributed by atoms with van der Waals surface area (Å²) in [6, 6.07) is 0. The maximum Gasteiger partial charge on any atom is 0.0900 e. The fourth-order valence-electron chi connectivity index (χ4n) is 3.96. The van der Waals surface area contributed by atoms with E-state index in [1.165, 1.54) is 15.6 Å². The molecule has 0 unspecified atom stereocenters. The molecule has 1 saturated heterocycles. The van der Waals surface area contributed by atoms with Crippen LogP contribution in [0.25, 0.3) is 0 Å². The molecule has 1 aliphatic heterocycles. The minimum absolute atomic E-state index is 0.0302. The summed E-state index contributed by atoms with van der Waals surface area (Å²) in [4.78, 5) is 8.55. The molecule has 1 saturated carbocycles. The van der Waals surface area contributed by atoms with Gasteiger partial charge in [0.1, 0.15) is 0 Å². The number of piperidine rings is 1. The van der Waals surface area contributed by atoms with Crippen LogP contribution in [0.2, 0.25) is 0 Å². The molecule has 5 heteroatoms.